The Balaban J connectivity index is 1.25. The first-order valence-corrected chi connectivity index (χ1v) is 11.3. The number of aromatic nitrogens is 2. The van der Waals surface area contributed by atoms with E-state index in [-0.39, 0.29) is 5.82 Å². The zero-order valence-corrected chi connectivity index (χ0v) is 18.8. The summed E-state index contributed by atoms with van der Waals surface area (Å²) in [5, 5.41) is 8.78. The van der Waals surface area contributed by atoms with Gasteiger partial charge in [-0.25, -0.2) is 4.39 Å². The molecule has 2 aromatic rings. The van der Waals surface area contributed by atoms with Crippen LogP contribution in [0.1, 0.15) is 40.0 Å². The maximum atomic E-state index is 13.5. The topological polar surface area (TPSA) is 38.2 Å². The number of likely N-dealkylation sites (tertiary alicyclic amines) is 1. The first-order chi connectivity index (χ1) is 14.3. The van der Waals surface area contributed by atoms with E-state index in [1.807, 2.05) is 0 Å². The Kier molecular flexibility index (Phi) is 6.31. The summed E-state index contributed by atoms with van der Waals surface area (Å²) in [4.78, 5) is 2.65. The molecule has 2 heterocycles. The molecule has 1 aromatic carbocycles. The minimum Gasteiger partial charge on any atom is -0.476 e. The Bertz CT molecular complexity index is 854. The highest BCUT2D eigenvalue weighted by molar-refractivity contribution is 6.33. The van der Waals surface area contributed by atoms with E-state index in [4.69, 9.17) is 16.3 Å². The van der Waals surface area contributed by atoms with E-state index in [9.17, 15) is 4.39 Å². The molecule has 0 amide bonds. The third-order valence-corrected chi connectivity index (χ3v) is 6.74. The number of benzene rings is 1. The summed E-state index contributed by atoms with van der Waals surface area (Å²) in [5.74, 6) is 2.36. The molecule has 4 rings (SSSR count). The molecule has 0 bridgehead atoms. The molecule has 4 nitrogen and oxygen atoms in total. The largest absolute Gasteiger partial charge is 0.476 e. The highest BCUT2D eigenvalue weighted by Crippen LogP contribution is 2.42. The van der Waals surface area contributed by atoms with E-state index in [1.165, 1.54) is 57.1 Å². The number of ether oxygens (including phenoxy) is 1. The van der Waals surface area contributed by atoms with Crippen LogP contribution in [0.4, 0.5) is 4.39 Å². The molecule has 1 aliphatic carbocycles. The number of halogens is 2. The molecule has 0 spiro atoms. The van der Waals surface area contributed by atoms with Crippen molar-refractivity contribution in [3.05, 3.63) is 41.2 Å². The predicted octanol–water partition coefficient (Wildman–Crippen LogP) is 5.71. The highest BCUT2D eigenvalue weighted by atomic mass is 35.5. The summed E-state index contributed by atoms with van der Waals surface area (Å²) >= 11 is 6.15. The standard InChI is InChI=1S/C24H31ClFN3O/c1-24(2,3)8-9-29-13-17-10-16(11-18(17)14-29)15-30-23-7-6-22(27-28-23)20-12-19(26)4-5-21(20)25/h4-7,12,16-18H,8-11,13-15H2,1-3H3. The lowest BCUT2D eigenvalue weighted by Gasteiger charge is -2.24. The fourth-order valence-electron chi connectivity index (χ4n) is 4.77. The Morgan fingerprint density at radius 2 is 1.83 bits per heavy atom. The van der Waals surface area contributed by atoms with Gasteiger partial charge in [0.25, 0.3) is 0 Å². The molecule has 2 unspecified atom stereocenters. The van der Waals surface area contributed by atoms with Crippen LogP contribution in [-0.4, -0.2) is 41.3 Å². The Hall–Kier alpha value is -1.72. The summed E-state index contributed by atoms with van der Waals surface area (Å²) in [6.07, 6.45) is 3.73. The normalized spacial score (nSPS) is 24.2. The van der Waals surface area contributed by atoms with Crippen molar-refractivity contribution in [3.8, 4) is 17.1 Å². The highest BCUT2D eigenvalue weighted by Gasteiger charge is 2.40. The molecule has 162 valence electrons. The van der Waals surface area contributed by atoms with Gasteiger partial charge >= 0.3 is 0 Å². The second-order valence-electron chi connectivity index (χ2n) is 10.1. The van der Waals surface area contributed by atoms with Crippen LogP contribution in [0, 0.1) is 29.0 Å². The quantitative estimate of drug-likeness (QED) is 0.587. The molecule has 2 fully saturated rings. The lowest BCUT2D eigenvalue weighted by atomic mass is 9.92. The van der Waals surface area contributed by atoms with E-state index in [1.54, 1.807) is 12.1 Å². The zero-order chi connectivity index (χ0) is 21.3. The fraction of sp³-hybridized carbons (Fsp3) is 0.583. The minimum absolute atomic E-state index is 0.347. The summed E-state index contributed by atoms with van der Waals surface area (Å²) < 4.78 is 19.4. The average molecular weight is 432 g/mol. The Morgan fingerprint density at radius 3 is 2.47 bits per heavy atom. The summed E-state index contributed by atoms with van der Waals surface area (Å²) in [6, 6.07) is 7.79. The monoisotopic (exact) mass is 431 g/mol. The molecule has 0 radical (unpaired) electrons. The van der Waals surface area contributed by atoms with Crippen molar-refractivity contribution in [1.82, 2.24) is 15.1 Å². The van der Waals surface area contributed by atoms with Crippen molar-refractivity contribution >= 4 is 11.6 Å². The van der Waals surface area contributed by atoms with Crippen LogP contribution in [-0.2, 0) is 0 Å². The predicted molar refractivity (Wildman–Crippen MR) is 118 cm³/mol. The molecular formula is C24H31ClFN3O. The second kappa shape index (κ2) is 8.80. The van der Waals surface area contributed by atoms with Gasteiger partial charge < -0.3 is 9.64 Å². The van der Waals surface area contributed by atoms with Crippen LogP contribution < -0.4 is 4.74 Å². The maximum absolute atomic E-state index is 13.5. The molecule has 2 aliphatic rings. The maximum Gasteiger partial charge on any atom is 0.233 e. The van der Waals surface area contributed by atoms with Crippen LogP contribution in [0.25, 0.3) is 11.3 Å². The van der Waals surface area contributed by atoms with Gasteiger partial charge in [-0.1, -0.05) is 32.4 Å². The average Bonchev–Trinajstić information content (AvgIpc) is 3.25. The van der Waals surface area contributed by atoms with E-state index < -0.39 is 0 Å². The third-order valence-electron chi connectivity index (χ3n) is 6.41. The van der Waals surface area contributed by atoms with Crippen molar-refractivity contribution in [2.75, 3.05) is 26.2 Å². The van der Waals surface area contributed by atoms with Crippen LogP contribution in [0.5, 0.6) is 5.88 Å². The zero-order valence-electron chi connectivity index (χ0n) is 18.1. The lowest BCUT2D eigenvalue weighted by Crippen LogP contribution is -2.27. The molecule has 2 atom stereocenters. The van der Waals surface area contributed by atoms with Crippen molar-refractivity contribution in [2.24, 2.45) is 23.2 Å². The number of nitrogens with zero attached hydrogens (tertiary/aromatic N) is 3. The van der Waals surface area contributed by atoms with Crippen molar-refractivity contribution < 1.29 is 9.13 Å². The van der Waals surface area contributed by atoms with Gasteiger partial charge in [-0.2, -0.15) is 0 Å². The first kappa shape index (κ1) is 21.5. The van der Waals surface area contributed by atoms with E-state index >= 15 is 0 Å². The number of hydrogen-bond donors (Lipinski definition) is 0. The van der Waals surface area contributed by atoms with Crippen molar-refractivity contribution in [1.29, 1.82) is 0 Å². The van der Waals surface area contributed by atoms with Gasteiger partial charge in [0.05, 0.1) is 17.3 Å². The molecule has 1 saturated heterocycles. The molecule has 6 heteroatoms. The minimum atomic E-state index is -0.347. The second-order valence-corrected chi connectivity index (χ2v) is 10.5. The molecule has 1 aromatic heterocycles. The van der Waals surface area contributed by atoms with E-state index in [2.05, 4.69) is 35.9 Å². The van der Waals surface area contributed by atoms with Gasteiger partial charge in [-0.15, -0.1) is 10.2 Å². The van der Waals surface area contributed by atoms with Crippen LogP contribution >= 0.6 is 11.6 Å². The van der Waals surface area contributed by atoms with Gasteiger partial charge in [0.2, 0.25) is 5.88 Å². The van der Waals surface area contributed by atoms with E-state index in [0.29, 0.717) is 40.1 Å². The smallest absolute Gasteiger partial charge is 0.233 e. The van der Waals surface area contributed by atoms with E-state index in [0.717, 1.165) is 11.8 Å². The fourth-order valence-corrected chi connectivity index (χ4v) is 4.99. The Morgan fingerprint density at radius 1 is 1.10 bits per heavy atom. The molecule has 1 saturated carbocycles. The van der Waals surface area contributed by atoms with Gasteiger partial charge in [0.15, 0.2) is 0 Å². The lowest BCUT2D eigenvalue weighted by molar-refractivity contribution is 0.212. The van der Waals surface area contributed by atoms with Crippen LogP contribution in [0.3, 0.4) is 0 Å². The van der Waals surface area contributed by atoms with Crippen molar-refractivity contribution in [2.45, 2.75) is 40.0 Å². The van der Waals surface area contributed by atoms with Gasteiger partial charge in [0.1, 0.15) is 5.82 Å². The SMILES string of the molecule is CC(C)(C)CCN1CC2CC(COc3ccc(-c4cc(F)ccc4Cl)nn3)CC2C1. The summed E-state index contributed by atoms with van der Waals surface area (Å²) in [7, 11) is 0. The van der Waals surface area contributed by atoms with Gasteiger partial charge in [0, 0.05) is 24.7 Å². The van der Waals surface area contributed by atoms with Crippen LogP contribution in [0.2, 0.25) is 5.02 Å². The number of fused-ring (bicyclic) bond motifs is 1. The summed E-state index contributed by atoms with van der Waals surface area (Å²) in [6.45, 7) is 11.3. The van der Waals surface area contributed by atoms with Gasteiger partial charge in [-0.3, -0.25) is 0 Å². The first-order valence-electron chi connectivity index (χ1n) is 10.9. The third kappa shape index (κ3) is 5.30. The number of hydrogen-bond acceptors (Lipinski definition) is 4. The molecule has 30 heavy (non-hydrogen) atoms. The summed E-state index contributed by atoms with van der Waals surface area (Å²) in [5.41, 5.74) is 1.48. The molecule has 1 aliphatic heterocycles. The number of rotatable bonds is 6. The van der Waals surface area contributed by atoms with Gasteiger partial charge in [-0.05, 0) is 73.2 Å². The van der Waals surface area contributed by atoms with Crippen LogP contribution in [0.15, 0.2) is 30.3 Å². The van der Waals surface area contributed by atoms with Crippen molar-refractivity contribution in [3.63, 3.8) is 0 Å². The molecular weight excluding hydrogens is 401 g/mol. The molecule has 0 N–H and O–H groups in total. The Labute approximate surface area is 183 Å².